The van der Waals surface area contributed by atoms with Crippen molar-refractivity contribution in [3.05, 3.63) is 0 Å². The van der Waals surface area contributed by atoms with Gasteiger partial charge in [0.2, 0.25) is 5.91 Å². The van der Waals surface area contributed by atoms with Crippen molar-refractivity contribution in [1.82, 2.24) is 5.32 Å². The molecule has 0 aromatic carbocycles. The van der Waals surface area contributed by atoms with Crippen LogP contribution in [0.15, 0.2) is 0 Å². The normalized spacial score (nSPS) is 29.4. The zero-order valence-electron chi connectivity index (χ0n) is 8.97. The third kappa shape index (κ3) is 2.28. The average molecular weight is 264 g/mol. The lowest BCUT2D eigenvalue weighted by Crippen LogP contribution is -2.62. The predicted molar refractivity (Wildman–Crippen MR) is 59.5 cm³/mol. The van der Waals surface area contributed by atoms with Gasteiger partial charge in [0.05, 0.1) is 11.4 Å². The maximum atomic E-state index is 11.2. The Hall–Kier alpha value is -0.0900. The molecule has 3 nitrogen and oxygen atoms in total. The zero-order valence-corrected chi connectivity index (χ0v) is 10.6. The van der Waals surface area contributed by atoms with E-state index in [1.54, 1.807) is 0 Å². The summed E-state index contributed by atoms with van der Waals surface area (Å²) in [6, 6.07) is 0.254. The van der Waals surface area contributed by atoms with E-state index in [9.17, 15) is 4.79 Å². The molecule has 1 saturated carbocycles. The van der Waals surface area contributed by atoms with Crippen molar-refractivity contribution in [2.75, 3.05) is 11.9 Å². The van der Waals surface area contributed by atoms with Gasteiger partial charge in [-0.15, -0.1) is 0 Å². The van der Waals surface area contributed by atoms with Crippen LogP contribution in [-0.4, -0.2) is 30.0 Å². The summed E-state index contributed by atoms with van der Waals surface area (Å²) in [5.41, 5.74) is 0.0633. The smallest absolute Gasteiger partial charge is 0.230 e. The van der Waals surface area contributed by atoms with Gasteiger partial charge in [0, 0.05) is 18.1 Å². The van der Waals surface area contributed by atoms with Gasteiger partial charge in [-0.2, -0.15) is 0 Å². The van der Waals surface area contributed by atoms with E-state index in [-0.39, 0.29) is 23.5 Å². The van der Waals surface area contributed by atoms with Gasteiger partial charge >= 0.3 is 0 Å². The molecule has 0 radical (unpaired) electrons. The summed E-state index contributed by atoms with van der Waals surface area (Å²) in [6.45, 7) is 7.01. The van der Waals surface area contributed by atoms with E-state index in [0.29, 0.717) is 5.33 Å². The summed E-state index contributed by atoms with van der Waals surface area (Å²) in [5, 5.41) is 3.35. The second-order valence-corrected chi connectivity index (χ2v) is 4.82. The highest BCUT2D eigenvalue weighted by molar-refractivity contribution is 9.09. The second kappa shape index (κ2) is 4.62. The van der Waals surface area contributed by atoms with Crippen LogP contribution in [0.1, 0.15) is 27.2 Å². The number of halogens is 1. The number of hydrogen-bond donors (Lipinski definition) is 1. The number of hydrogen-bond acceptors (Lipinski definition) is 2. The number of rotatable bonds is 4. The molecule has 0 spiro atoms. The summed E-state index contributed by atoms with van der Waals surface area (Å²) < 4.78 is 5.58. The van der Waals surface area contributed by atoms with Gasteiger partial charge in [-0.3, -0.25) is 4.79 Å². The van der Waals surface area contributed by atoms with E-state index in [1.807, 2.05) is 6.92 Å². The molecule has 4 heteroatoms. The number of alkyl halides is 1. The molecule has 0 heterocycles. The monoisotopic (exact) mass is 263 g/mol. The molecule has 1 amide bonds. The molecule has 1 rings (SSSR count). The molecule has 2 atom stereocenters. The Morgan fingerprint density at radius 1 is 1.64 bits per heavy atom. The van der Waals surface area contributed by atoms with Gasteiger partial charge in [-0.25, -0.2) is 0 Å². The van der Waals surface area contributed by atoms with Gasteiger partial charge < -0.3 is 10.1 Å². The highest BCUT2D eigenvalue weighted by atomic mass is 79.9. The largest absolute Gasteiger partial charge is 0.378 e. The standard InChI is InChI=1S/C10H18BrNO2/c1-4-14-8-5-7(10(8,2)3)12-9(13)6-11/h7-8H,4-6H2,1-3H3,(H,12,13). The van der Waals surface area contributed by atoms with Gasteiger partial charge in [-0.1, -0.05) is 29.8 Å². The third-order valence-electron chi connectivity index (χ3n) is 3.00. The van der Waals surface area contributed by atoms with Crippen LogP contribution in [0.3, 0.4) is 0 Å². The number of amides is 1. The minimum absolute atomic E-state index is 0.0537. The van der Waals surface area contributed by atoms with Crippen LogP contribution >= 0.6 is 15.9 Å². The minimum Gasteiger partial charge on any atom is -0.378 e. The molecule has 0 saturated heterocycles. The van der Waals surface area contributed by atoms with E-state index >= 15 is 0 Å². The fourth-order valence-electron chi connectivity index (χ4n) is 1.85. The van der Waals surface area contributed by atoms with E-state index < -0.39 is 0 Å². The van der Waals surface area contributed by atoms with E-state index in [2.05, 4.69) is 35.1 Å². The first kappa shape index (κ1) is 12.0. The molecule has 0 bridgehead atoms. The van der Waals surface area contributed by atoms with Crippen LogP contribution in [0.5, 0.6) is 0 Å². The van der Waals surface area contributed by atoms with Crippen LogP contribution in [0.2, 0.25) is 0 Å². The summed E-state index contributed by atoms with van der Waals surface area (Å²) in [7, 11) is 0. The molecule has 2 unspecified atom stereocenters. The Bertz CT molecular complexity index is 218. The molecule has 0 aliphatic heterocycles. The van der Waals surface area contributed by atoms with Gasteiger partial charge in [-0.05, 0) is 13.3 Å². The van der Waals surface area contributed by atoms with Crippen molar-refractivity contribution in [2.24, 2.45) is 5.41 Å². The Morgan fingerprint density at radius 2 is 2.29 bits per heavy atom. The maximum absolute atomic E-state index is 11.2. The van der Waals surface area contributed by atoms with E-state index in [1.165, 1.54) is 0 Å². The molecular formula is C10H18BrNO2. The lowest BCUT2D eigenvalue weighted by atomic mass is 9.64. The number of ether oxygens (including phenoxy) is 1. The lowest BCUT2D eigenvalue weighted by molar-refractivity contribution is -0.134. The molecule has 1 N–H and O–H groups in total. The van der Waals surface area contributed by atoms with Crippen LogP contribution in [-0.2, 0) is 9.53 Å². The molecule has 0 aromatic heterocycles. The molecule has 1 aliphatic carbocycles. The van der Waals surface area contributed by atoms with Crippen LogP contribution < -0.4 is 5.32 Å². The molecule has 0 aromatic rings. The highest BCUT2D eigenvalue weighted by Gasteiger charge is 2.49. The first-order valence-corrected chi connectivity index (χ1v) is 6.11. The fraction of sp³-hybridized carbons (Fsp3) is 0.900. The molecule has 82 valence electrons. The predicted octanol–water partition coefficient (Wildman–Crippen LogP) is 1.70. The van der Waals surface area contributed by atoms with Crippen molar-refractivity contribution < 1.29 is 9.53 Å². The van der Waals surface area contributed by atoms with Crippen molar-refractivity contribution >= 4 is 21.8 Å². The van der Waals surface area contributed by atoms with Crippen molar-refractivity contribution in [1.29, 1.82) is 0 Å². The molecule has 14 heavy (non-hydrogen) atoms. The van der Waals surface area contributed by atoms with Crippen LogP contribution in [0.25, 0.3) is 0 Å². The Kier molecular flexibility index (Phi) is 3.95. The Morgan fingerprint density at radius 3 is 2.71 bits per heavy atom. The molecule has 1 fully saturated rings. The van der Waals surface area contributed by atoms with Crippen molar-refractivity contribution in [3.63, 3.8) is 0 Å². The van der Waals surface area contributed by atoms with Crippen LogP contribution in [0, 0.1) is 5.41 Å². The number of carbonyl (C=O) groups excluding carboxylic acids is 1. The summed E-state index contributed by atoms with van der Waals surface area (Å²) in [6.07, 6.45) is 1.22. The fourth-order valence-corrected chi connectivity index (χ4v) is 2.01. The van der Waals surface area contributed by atoms with E-state index in [0.717, 1.165) is 13.0 Å². The Balaban J connectivity index is 2.42. The second-order valence-electron chi connectivity index (χ2n) is 4.25. The number of nitrogens with one attached hydrogen (secondary N) is 1. The SMILES string of the molecule is CCOC1CC(NC(=O)CBr)C1(C)C. The van der Waals surface area contributed by atoms with Gasteiger partial charge in [0.1, 0.15) is 0 Å². The van der Waals surface area contributed by atoms with Gasteiger partial charge in [0.25, 0.3) is 0 Å². The third-order valence-corrected chi connectivity index (χ3v) is 3.51. The lowest BCUT2D eigenvalue weighted by Gasteiger charge is -2.51. The van der Waals surface area contributed by atoms with E-state index in [4.69, 9.17) is 4.74 Å². The quantitative estimate of drug-likeness (QED) is 0.785. The van der Waals surface area contributed by atoms with Crippen LogP contribution in [0.4, 0.5) is 0 Å². The molecule has 1 aliphatic rings. The number of carbonyl (C=O) groups is 1. The van der Waals surface area contributed by atoms with Gasteiger partial charge in [0.15, 0.2) is 0 Å². The molecular weight excluding hydrogens is 246 g/mol. The maximum Gasteiger partial charge on any atom is 0.230 e. The topological polar surface area (TPSA) is 38.3 Å². The Labute approximate surface area is 93.7 Å². The minimum atomic E-state index is 0.0537. The zero-order chi connectivity index (χ0) is 10.8. The first-order chi connectivity index (χ1) is 6.52. The van der Waals surface area contributed by atoms with Crippen molar-refractivity contribution in [2.45, 2.75) is 39.3 Å². The summed E-state index contributed by atoms with van der Waals surface area (Å²) in [5.74, 6) is 0.0537. The summed E-state index contributed by atoms with van der Waals surface area (Å²) in [4.78, 5) is 11.2. The first-order valence-electron chi connectivity index (χ1n) is 4.99. The average Bonchev–Trinajstić information content (AvgIpc) is 2.16. The van der Waals surface area contributed by atoms with Crippen molar-refractivity contribution in [3.8, 4) is 0 Å². The summed E-state index contributed by atoms with van der Waals surface area (Å²) >= 11 is 3.14. The highest BCUT2D eigenvalue weighted by Crippen LogP contribution is 2.42.